The van der Waals surface area contributed by atoms with E-state index in [1.807, 2.05) is 4.72 Å². The van der Waals surface area contributed by atoms with Crippen molar-refractivity contribution in [3.05, 3.63) is 11.3 Å². The van der Waals surface area contributed by atoms with E-state index in [0.29, 0.717) is 11.3 Å². The lowest BCUT2D eigenvalue weighted by atomic mass is 9.86. The Bertz CT molecular complexity index is 432. The van der Waals surface area contributed by atoms with Gasteiger partial charge in [-0.15, -0.1) is 0 Å². The summed E-state index contributed by atoms with van der Waals surface area (Å²) < 4.78 is 29.3. The number of amides is 1. The van der Waals surface area contributed by atoms with Crippen molar-refractivity contribution in [1.29, 1.82) is 0 Å². The number of nitrogens with one attached hydrogen (secondary N) is 1. The molecule has 0 unspecified atom stereocenters. The van der Waals surface area contributed by atoms with Crippen LogP contribution < -0.4 is 4.72 Å². The second kappa shape index (κ2) is 4.08. The van der Waals surface area contributed by atoms with Crippen LogP contribution in [0.1, 0.15) is 39.0 Å². The van der Waals surface area contributed by atoms with Gasteiger partial charge in [-0.05, 0) is 19.8 Å². The summed E-state index contributed by atoms with van der Waals surface area (Å²) in [5.74, 6) is -0.134. The van der Waals surface area contributed by atoms with Crippen molar-refractivity contribution in [3.63, 3.8) is 0 Å². The van der Waals surface area contributed by atoms with E-state index in [0.717, 1.165) is 25.7 Å². The summed E-state index contributed by atoms with van der Waals surface area (Å²) >= 11 is 0. The van der Waals surface area contributed by atoms with Crippen molar-refractivity contribution in [2.75, 3.05) is 0 Å². The summed E-state index contributed by atoms with van der Waals surface area (Å²) in [6.45, 7) is 1.61. The van der Waals surface area contributed by atoms with Crippen molar-refractivity contribution in [2.24, 2.45) is 5.92 Å². The number of rotatable bonds is 1. The van der Waals surface area contributed by atoms with Gasteiger partial charge < -0.3 is 4.18 Å². The van der Waals surface area contributed by atoms with E-state index in [2.05, 4.69) is 0 Å². The lowest BCUT2D eigenvalue weighted by Gasteiger charge is -2.27. The molecule has 0 saturated heterocycles. The molecule has 1 saturated carbocycles. The predicted molar refractivity (Wildman–Crippen MR) is 57.4 cm³/mol. The number of hydrogen-bond donors (Lipinski definition) is 1. The highest BCUT2D eigenvalue weighted by Crippen LogP contribution is 2.34. The Morgan fingerprint density at radius 2 is 1.88 bits per heavy atom. The molecular weight excluding hydrogens is 230 g/mol. The van der Waals surface area contributed by atoms with Crippen molar-refractivity contribution in [2.45, 2.75) is 39.0 Å². The van der Waals surface area contributed by atoms with Gasteiger partial charge in [0, 0.05) is 5.92 Å². The first-order chi connectivity index (χ1) is 7.49. The predicted octanol–water partition coefficient (Wildman–Crippen LogP) is 1.23. The minimum absolute atomic E-state index is 0.0783. The molecule has 1 amide bonds. The summed E-state index contributed by atoms with van der Waals surface area (Å²) in [5, 5.41) is 0. The summed E-state index contributed by atoms with van der Waals surface area (Å²) in [6.07, 6.45) is 5.09. The third kappa shape index (κ3) is 2.21. The van der Waals surface area contributed by atoms with Crippen LogP contribution in [0, 0.1) is 5.92 Å². The van der Waals surface area contributed by atoms with Crippen LogP contribution in [0.5, 0.6) is 0 Å². The lowest BCUT2D eigenvalue weighted by molar-refractivity contribution is -0.116. The molecule has 0 aromatic heterocycles. The Hall–Kier alpha value is -1.04. The molecular formula is C10H15NO4S. The van der Waals surface area contributed by atoms with Gasteiger partial charge in [0.15, 0.2) is 0 Å². The van der Waals surface area contributed by atoms with Crippen LogP contribution in [-0.2, 0) is 19.3 Å². The van der Waals surface area contributed by atoms with Crippen LogP contribution >= 0.6 is 0 Å². The maximum absolute atomic E-state index is 11.4. The fourth-order valence-electron chi connectivity index (χ4n) is 2.24. The molecule has 5 nitrogen and oxygen atoms in total. The van der Waals surface area contributed by atoms with Gasteiger partial charge in [-0.25, -0.2) is 4.72 Å². The van der Waals surface area contributed by atoms with E-state index in [9.17, 15) is 13.2 Å². The van der Waals surface area contributed by atoms with E-state index in [1.165, 1.54) is 6.42 Å². The molecule has 0 bridgehead atoms. The average molecular weight is 245 g/mol. The monoisotopic (exact) mass is 245 g/mol. The van der Waals surface area contributed by atoms with E-state index in [1.54, 1.807) is 6.92 Å². The maximum Gasteiger partial charge on any atom is 0.409 e. The molecule has 2 rings (SSSR count). The van der Waals surface area contributed by atoms with E-state index < -0.39 is 16.2 Å². The molecule has 1 N–H and O–H groups in total. The van der Waals surface area contributed by atoms with Crippen molar-refractivity contribution in [3.8, 4) is 0 Å². The molecule has 0 aromatic rings. The standard InChI is InChI=1S/C10H15NO4S/c1-7-9(8-5-3-2-4-6-8)15-16(13,14)11-10(7)12/h8H,2-6H2,1H3,(H,11,12). The average Bonchev–Trinajstić information content (AvgIpc) is 2.24. The van der Waals surface area contributed by atoms with Gasteiger partial charge in [0.2, 0.25) is 0 Å². The zero-order valence-corrected chi connectivity index (χ0v) is 9.97. The number of carbonyl (C=O) groups excluding carboxylic acids is 1. The maximum atomic E-state index is 11.4. The van der Waals surface area contributed by atoms with Crippen molar-refractivity contribution >= 4 is 16.2 Å². The molecule has 1 fully saturated rings. The summed E-state index contributed by atoms with van der Waals surface area (Å²) in [7, 11) is -3.92. The molecule has 1 aliphatic carbocycles. The smallest absolute Gasteiger partial charge is 0.371 e. The minimum Gasteiger partial charge on any atom is -0.371 e. The molecule has 0 spiro atoms. The van der Waals surface area contributed by atoms with Crippen LogP contribution in [0.25, 0.3) is 0 Å². The first-order valence-electron chi connectivity index (χ1n) is 5.47. The third-order valence-corrected chi connectivity index (χ3v) is 3.94. The van der Waals surface area contributed by atoms with E-state index in [-0.39, 0.29) is 5.92 Å². The van der Waals surface area contributed by atoms with Gasteiger partial charge in [0.25, 0.3) is 5.91 Å². The van der Waals surface area contributed by atoms with Crippen LogP contribution in [-0.4, -0.2) is 14.3 Å². The second-order valence-electron chi connectivity index (χ2n) is 4.29. The second-order valence-corrected chi connectivity index (χ2v) is 5.57. The molecule has 2 aliphatic rings. The SMILES string of the molecule is CC1=C(C2CCCCC2)OS(=O)(=O)NC1=O. The van der Waals surface area contributed by atoms with Gasteiger partial charge in [-0.1, -0.05) is 19.3 Å². The van der Waals surface area contributed by atoms with Crippen molar-refractivity contribution in [1.82, 2.24) is 4.72 Å². The largest absolute Gasteiger partial charge is 0.409 e. The number of carbonyl (C=O) groups is 1. The first kappa shape index (κ1) is 11.4. The summed E-state index contributed by atoms with van der Waals surface area (Å²) in [4.78, 5) is 11.4. The van der Waals surface area contributed by atoms with Crippen LogP contribution in [0.15, 0.2) is 11.3 Å². The van der Waals surface area contributed by atoms with Gasteiger partial charge in [0.05, 0.1) is 5.57 Å². The topological polar surface area (TPSA) is 72.5 Å². The van der Waals surface area contributed by atoms with E-state index in [4.69, 9.17) is 4.18 Å². The Morgan fingerprint density at radius 3 is 2.50 bits per heavy atom. The number of allylic oxidation sites excluding steroid dienone is 1. The Morgan fingerprint density at radius 1 is 1.25 bits per heavy atom. The van der Waals surface area contributed by atoms with Gasteiger partial charge in [-0.2, -0.15) is 8.42 Å². The van der Waals surface area contributed by atoms with E-state index >= 15 is 0 Å². The quantitative estimate of drug-likeness (QED) is 0.754. The lowest BCUT2D eigenvalue weighted by Crippen LogP contribution is -2.39. The number of hydrogen-bond acceptors (Lipinski definition) is 4. The molecule has 90 valence electrons. The molecule has 0 radical (unpaired) electrons. The van der Waals surface area contributed by atoms with Crippen LogP contribution in [0.3, 0.4) is 0 Å². The molecule has 0 aromatic carbocycles. The molecule has 6 heteroatoms. The van der Waals surface area contributed by atoms with Gasteiger partial charge >= 0.3 is 10.3 Å². The highest BCUT2D eigenvalue weighted by molar-refractivity contribution is 7.85. The fourth-order valence-corrected chi connectivity index (χ4v) is 3.16. The zero-order chi connectivity index (χ0) is 11.8. The molecule has 0 atom stereocenters. The highest BCUT2D eigenvalue weighted by atomic mass is 32.2. The third-order valence-electron chi connectivity index (χ3n) is 3.10. The Labute approximate surface area is 95.1 Å². The van der Waals surface area contributed by atoms with Crippen molar-refractivity contribution < 1.29 is 17.4 Å². The minimum atomic E-state index is -3.92. The van der Waals surface area contributed by atoms with Gasteiger partial charge in [-0.3, -0.25) is 4.79 Å². The summed E-state index contributed by atoms with van der Waals surface area (Å²) in [5.41, 5.74) is 0.390. The Kier molecular flexibility index (Phi) is 2.92. The highest BCUT2D eigenvalue weighted by Gasteiger charge is 2.33. The fraction of sp³-hybridized carbons (Fsp3) is 0.700. The summed E-state index contributed by atoms with van der Waals surface area (Å²) in [6, 6.07) is 0. The van der Waals surface area contributed by atoms with Gasteiger partial charge in [0.1, 0.15) is 5.76 Å². The molecule has 16 heavy (non-hydrogen) atoms. The Balaban J connectivity index is 2.29. The molecule has 1 heterocycles. The normalized spacial score (nSPS) is 26.2. The van der Waals surface area contributed by atoms with Crippen LogP contribution in [0.4, 0.5) is 0 Å². The zero-order valence-electron chi connectivity index (χ0n) is 9.15. The first-order valence-corrected chi connectivity index (χ1v) is 6.88. The van der Waals surface area contributed by atoms with Crippen LogP contribution in [0.2, 0.25) is 0 Å². The molecule has 1 aliphatic heterocycles.